The fourth-order valence-electron chi connectivity index (χ4n) is 4.31. The first kappa shape index (κ1) is 74.6. The minimum atomic E-state index is 0. The van der Waals surface area contributed by atoms with Gasteiger partial charge in [0.1, 0.15) is 0 Å². The van der Waals surface area contributed by atoms with E-state index < -0.39 is 0 Å². The van der Waals surface area contributed by atoms with Crippen LogP contribution in [0.25, 0.3) is 0 Å². The van der Waals surface area contributed by atoms with E-state index >= 15 is 0 Å². The molecule has 0 aromatic carbocycles. The zero-order valence-electron chi connectivity index (χ0n) is 40.2. The molecule has 5 saturated heterocycles. The third kappa shape index (κ3) is 36.7. The zero-order chi connectivity index (χ0) is 46.9. The van der Waals surface area contributed by atoms with Crippen LogP contribution in [0.5, 0.6) is 0 Å². The standard InChI is InChI=1S/2C6H12N2.3C6H10N2.5C2H6.CH4.8W/c5*1-7-3-5-8(2)6-4-7;5*1-2;;;;;;;;;/h2*3-5H2,1-2H3;3,6H2,1-2H3;2*3-4H2,1-2H3;5*1-2H3;1H4;;;;;;;;. The van der Waals surface area contributed by atoms with E-state index in [1.54, 1.807) is 187 Å². The fourth-order valence-corrected chi connectivity index (χ4v) is 15.0. The number of hydrogen-bond acceptors (Lipinski definition) is 10. The Labute approximate surface area is 455 Å². The van der Waals surface area contributed by atoms with Crippen LogP contribution in [0.15, 0.2) is 0 Å². The number of piperazine rings is 5. The molecule has 5 rings (SSSR count). The Balaban J connectivity index is -0.000000140. The van der Waals surface area contributed by atoms with E-state index in [4.69, 9.17) is 0 Å². The first-order chi connectivity index (χ1) is 27.2. The average molecular weight is 2190 g/mol. The normalized spacial score (nSPS) is 20.2. The van der Waals surface area contributed by atoms with Gasteiger partial charge in [0.05, 0.1) is 0 Å². The minimum absolute atomic E-state index is 0. The van der Waals surface area contributed by atoms with Crippen molar-refractivity contribution in [1.29, 1.82) is 0 Å². The van der Waals surface area contributed by atoms with Gasteiger partial charge in [-0.1, -0.05) is 76.7 Å². The summed E-state index contributed by atoms with van der Waals surface area (Å²) in [6, 6.07) is 0. The molecule has 5 aliphatic heterocycles. The molecule has 0 aromatic rings. The summed E-state index contributed by atoms with van der Waals surface area (Å²) in [5.41, 5.74) is 0. The Bertz CT molecular complexity index is 1080. The van der Waals surface area contributed by atoms with Crippen LogP contribution < -0.4 is 0 Å². The van der Waals surface area contributed by atoms with Crippen LogP contribution in [-0.4, -0.2) is 230 Å². The Morgan fingerprint density at radius 3 is 0.627 bits per heavy atom. The maximum absolute atomic E-state index is 2.37. The fraction of sp³-hybridized carbons (Fsp3) is 0.805. The molecule has 0 saturated carbocycles. The second-order valence-electron chi connectivity index (χ2n) is 12.6. The van der Waals surface area contributed by atoms with E-state index in [2.05, 4.69) is 119 Å². The van der Waals surface area contributed by atoms with Crippen molar-refractivity contribution in [1.82, 2.24) is 49.0 Å². The van der Waals surface area contributed by atoms with Gasteiger partial charge >= 0.3 is 385 Å². The van der Waals surface area contributed by atoms with E-state index in [9.17, 15) is 0 Å². The van der Waals surface area contributed by atoms with Crippen molar-refractivity contribution in [2.75, 3.05) is 149 Å². The van der Waals surface area contributed by atoms with Gasteiger partial charge in [0.15, 0.2) is 0 Å². The van der Waals surface area contributed by atoms with Crippen LogP contribution in [0.3, 0.4) is 0 Å². The van der Waals surface area contributed by atoms with Crippen LogP contribution in [-0.2, 0) is 155 Å². The zero-order valence-corrected chi connectivity index (χ0v) is 63.7. The third-order valence-corrected chi connectivity index (χ3v) is 20.1. The van der Waals surface area contributed by atoms with Crippen LogP contribution in [0.1, 0.15) is 76.7 Å². The van der Waals surface area contributed by atoms with Crippen molar-refractivity contribution in [3.63, 3.8) is 0 Å². The summed E-state index contributed by atoms with van der Waals surface area (Å²) in [4.78, 5) is 23.6. The van der Waals surface area contributed by atoms with Gasteiger partial charge in [-0.25, -0.2) is 0 Å². The predicted octanol–water partition coefficient (Wildman–Crippen LogP) is 2.50. The molecule has 5 heterocycles. The van der Waals surface area contributed by atoms with Crippen molar-refractivity contribution < 1.29 is 155 Å². The van der Waals surface area contributed by atoms with E-state index in [0.717, 1.165) is 39.3 Å². The van der Waals surface area contributed by atoms with Gasteiger partial charge in [-0.3, -0.25) is 0 Å². The summed E-state index contributed by atoms with van der Waals surface area (Å²) >= 11 is 12.8. The summed E-state index contributed by atoms with van der Waals surface area (Å²) in [5.74, 6) is 0. The molecule has 10 nitrogen and oxygen atoms in total. The van der Waals surface area contributed by atoms with Crippen molar-refractivity contribution >= 4 is 32.2 Å². The second kappa shape index (κ2) is 47.1. The van der Waals surface area contributed by atoms with Gasteiger partial charge in [0.25, 0.3) is 0 Å². The number of rotatable bonds is 0. The van der Waals surface area contributed by atoms with Gasteiger partial charge < -0.3 is 0 Å². The second-order valence-corrected chi connectivity index (χ2v) is 26.2. The van der Waals surface area contributed by atoms with Gasteiger partial charge in [-0.05, 0) is 0 Å². The SMILES string of the molecule is C.CC.CC.CC.CC.CC.CN1CCN(C)[C](=[W])C1.CN1CCN(C)[C](=[W])C1.CN1C[C](=[W])N(C)C[C]1=[W].CN1C[C](=[W])N(C)[C](=[W])C1.CN1C[C](=[W])N(C)[C](=[W])C1. The Morgan fingerprint density at radius 1 is 0.254 bits per heavy atom. The van der Waals surface area contributed by atoms with Crippen LogP contribution in [0, 0.1) is 0 Å². The molecule has 0 unspecified atom stereocenters. The molecule has 0 N–H and O–H groups in total. The number of nitrogens with zero attached hydrogens (tertiary/aromatic N) is 10. The first-order valence-corrected chi connectivity index (χ1v) is 32.3. The van der Waals surface area contributed by atoms with Crippen LogP contribution in [0.2, 0.25) is 0 Å². The summed E-state index contributed by atoms with van der Waals surface area (Å²) in [7, 11) is 21.8. The van der Waals surface area contributed by atoms with Crippen LogP contribution >= 0.6 is 0 Å². The number of hydrogen-bond donors (Lipinski definition) is 0. The third-order valence-electron chi connectivity index (χ3n) is 8.01. The molecule has 5 aliphatic rings. The van der Waals surface area contributed by atoms with E-state index in [-0.39, 0.29) is 7.43 Å². The first-order valence-electron chi connectivity index (χ1n) is 20.5. The molecule has 350 valence electrons. The van der Waals surface area contributed by atoms with E-state index in [1.807, 2.05) is 69.2 Å². The summed E-state index contributed by atoms with van der Waals surface area (Å²) < 4.78 is 12.4. The quantitative estimate of drug-likeness (QED) is 0.362. The Hall–Kier alpha value is 4.07. The van der Waals surface area contributed by atoms with Crippen LogP contribution in [0.4, 0.5) is 0 Å². The number of likely N-dealkylation sites (N-methyl/N-ethyl adjacent to an activating group) is 10. The molecule has 0 spiro atoms. The van der Waals surface area contributed by atoms with Gasteiger partial charge in [0.2, 0.25) is 0 Å². The topological polar surface area (TPSA) is 32.4 Å². The molecule has 0 radical (unpaired) electrons. The molecular weight excluding hydrogens is 2100 g/mol. The molecule has 5 fully saturated rings. The Kier molecular flexibility index (Phi) is 59.6. The summed E-state index contributed by atoms with van der Waals surface area (Å²) in [5, 5.41) is 0. The molecule has 18 heteroatoms. The molecule has 59 heavy (non-hydrogen) atoms. The summed E-state index contributed by atoms with van der Waals surface area (Å²) in [6.07, 6.45) is 0. The Morgan fingerprint density at radius 2 is 0.441 bits per heavy atom. The van der Waals surface area contributed by atoms with Gasteiger partial charge in [0, 0.05) is 0 Å². The van der Waals surface area contributed by atoms with E-state index in [0.29, 0.717) is 0 Å². The monoisotopic (exact) mass is 2190 g/mol. The predicted molar refractivity (Wildman–Crippen MR) is 240 cm³/mol. The van der Waals surface area contributed by atoms with Crippen molar-refractivity contribution in [3.05, 3.63) is 0 Å². The maximum atomic E-state index is 2.37. The van der Waals surface area contributed by atoms with Crippen molar-refractivity contribution in [2.24, 2.45) is 0 Å². The molecule has 0 aromatic heterocycles. The van der Waals surface area contributed by atoms with Gasteiger partial charge in [-0.2, -0.15) is 0 Å². The molecular formula is C41H88N10W8. The van der Waals surface area contributed by atoms with Crippen molar-refractivity contribution in [3.8, 4) is 0 Å². The molecule has 0 aliphatic carbocycles. The molecule has 0 amide bonds. The molecule has 0 bridgehead atoms. The van der Waals surface area contributed by atoms with E-state index in [1.165, 1.54) is 39.3 Å². The van der Waals surface area contributed by atoms with Gasteiger partial charge in [-0.15, -0.1) is 0 Å². The van der Waals surface area contributed by atoms with Crippen molar-refractivity contribution in [2.45, 2.75) is 76.7 Å². The average Bonchev–Trinajstić information content (AvgIpc) is 3.20. The molecule has 0 atom stereocenters. The summed E-state index contributed by atoms with van der Waals surface area (Å²) in [6.45, 7) is 34.1.